The van der Waals surface area contributed by atoms with Gasteiger partial charge in [0.1, 0.15) is 11.9 Å². The Bertz CT molecular complexity index is 1050. The number of hydrogen-bond donors (Lipinski definition) is 1. The monoisotopic (exact) mass is 464 g/mol. The van der Waals surface area contributed by atoms with E-state index in [1.54, 1.807) is 7.11 Å². The number of carbonyl (C=O) groups is 1. The van der Waals surface area contributed by atoms with Crippen LogP contribution in [-0.4, -0.2) is 13.0 Å². The number of para-hydroxylation sites is 2. The predicted molar refractivity (Wildman–Crippen MR) is 125 cm³/mol. The summed E-state index contributed by atoms with van der Waals surface area (Å²) in [5, 5.41) is 3.55. The molecular formula is C25H25BrN2O2. The number of nitrogens with one attached hydrogen (secondary N) is 1. The van der Waals surface area contributed by atoms with Crippen molar-refractivity contribution < 1.29 is 9.53 Å². The van der Waals surface area contributed by atoms with Gasteiger partial charge in [0.2, 0.25) is 0 Å². The molecule has 154 valence electrons. The fourth-order valence-corrected chi connectivity index (χ4v) is 4.44. The van der Waals surface area contributed by atoms with E-state index in [4.69, 9.17) is 4.74 Å². The summed E-state index contributed by atoms with van der Waals surface area (Å²) >= 11 is 3.57. The van der Waals surface area contributed by atoms with E-state index in [1.807, 2.05) is 59.5 Å². The summed E-state index contributed by atoms with van der Waals surface area (Å²) < 4.78 is 6.53. The molecule has 0 aliphatic carbocycles. The van der Waals surface area contributed by atoms with E-state index in [2.05, 4.69) is 40.3 Å². The standard InChI is InChI=1S/C25H25BrN2O2/c1-3-4-8-17-13-15-18(16-14-17)28-24(20-10-7-11-21(26)23(20)30-2)27-22-12-6-5-9-19(22)25(28)29/h5-7,9-16,24,27H,3-4,8H2,1-2H3. The van der Waals surface area contributed by atoms with Crippen molar-refractivity contribution in [3.8, 4) is 5.75 Å². The van der Waals surface area contributed by atoms with Gasteiger partial charge >= 0.3 is 0 Å². The molecule has 0 radical (unpaired) electrons. The zero-order valence-electron chi connectivity index (χ0n) is 17.2. The topological polar surface area (TPSA) is 41.6 Å². The summed E-state index contributed by atoms with van der Waals surface area (Å²) in [4.78, 5) is 15.4. The van der Waals surface area contributed by atoms with Crippen molar-refractivity contribution in [1.82, 2.24) is 0 Å². The van der Waals surface area contributed by atoms with Crippen molar-refractivity contribution in [3.63, 3.8) is 0 Å². The quantitative estimate of drug-likeness (QED) is 0.448. The normalized spacial score (nSPS) is 15.5. The van der Waals surface area contributed by atoms with Gasteiger partial charge < -0.3 is 10.1 Å². The third kappa shape index (κ3) is 3.82. The number of ether oxygens (including phenoxy) is 1. The molecular weight excluding hydrogens is 440 g/mol. The highest BCUT2D eigenvalue weighted by atomic mass is 79.9. The van der Waals surface area contributed by atoms with Crippen LogP contribution in [0.5, 0.6) is 5.75 Å². The number of methoxy groups -OCH3 is 1. The molecule has 0 spiro atoms. The number of aryl methyl sites for hydroxylation is 1. The molecule has 1 unspecified atom stereocenters. The molecule has 0 saturated heterocycles. The van der Waals surface area contributed by atoms with Crippen LogP contribution in [0.4, 0.5) is 11.4 Å². The van der Waals surface area contributed by atoms with Crippen LogP contribution in [0.25, 0.3) is 0 Å². The Morgan fingerprint density at radius 2 is 1.80 bits per heavy atom. The van der Waals surface area contributed by atoms with Crippen molar-refractivity contribution in [2.45, 2.75) is 32.4 Å². The fourth-order valence-electron chi connectivity index (χ4n) is 3.90. The maximum absolute atomic E-state index is 13.6. The molecule has 1 aliphatic rings. The molecule has 3 aromatic carbocycles. The van der Waals surface area contributed by atoms with E-state index in [0.717, 1.165) is 40.7 Å². The fraction of sp³-hybridized carbons (Fsp3) is 0.240. The first-order chi connectivity index (χ1) is 14.6. The number of carbonyl (C=O) groups excluding carboxylic acids is 1. The number of benzene rings is 3. The highest BCUT2D eigenvalue weighted by Gasteiger charge is 2.35. The highest BCUT2D eigenvalue weighted by molar-refractivity contribution is 9.10. The number of unbranched alkanes of at least 4 members (excludes halogenated alkanes) is 1. The summed E-state index contributed by atoms with van der Waals surface area (Å²) in [6, 6.07) is 21.8. The van der Waals surface area contributed by atoms with Gasteiger partial charge in [0.15, 0.2) is 0 Å². The van der Waals surface area contributed by atoms with Crippen LogP contribution in [0.2, 0.25) is 0 Å². The van der Waals surface area contributed by atoms with Crippen LogP contribution in [0.1, 0.15) is 47.4 Å². The van der Waals surface area contributed by atoms with Crippen molar-refractivity contribution >= 4 is 33.2 Å². The largest absolute Gasteiger partial charge is 0.495 e. The molecule has 1 aliphatic heterocycles. The minimum absolute atomic E-state index is 0.0299. The van der Waals surface area contributed by atoms with E-state index >= 15 is 0 Å². The van der Waals surface area contributed by atoms with Crippen molar-refractivity contribution in [3.05, 3.63) is 87.9 Å². The van der Waals surface area contributed by atoms with E-state index in [0.29, 0.717) is 11.3 Å². The van der Waals surface area contributed by atoms with Gasteiger partial charge in [-0.25, -0.2) is 0 Å². The predicted octanol–water partition coefficient (Wildman–Crippen LogP) is 6.57. The lowest BCUT2D eigenvalue weighted by molar-refractivity contribution is 0.0974. The Kier molecular flexibility index (Phi) is 6.09. The van der Waals surface area contributed by atoms with Crippen LogP contribution in [0, 0.1) is 0 Å². The van der Waals surface area contributed by atoms with Gasteiger partial charge in [0.25, 0.3) is 5.91 Å². The second kappa shape index (κ2) is 8.92. The average molecular weight is 465 g/mol. The molecule has 4 nitrogen and oxygen atoms in total. The van der Waals surface area contributed by atoms with E-state index in [9.17, 15) is 4.79 Å². The molecule has 0 fully saturated rings. The zero-order chi connectivity index (χ0) is 21.1. The summed E-state index contributed by atoms with van der Waals surface area (Å²) in [5.74, 6) is 0.685. The first kappa shape index (κ1) is 20.5. The number of rotatable bonds is 6. The Hall–Kier alpha value is -2.79. The SMILES string of the molecule is CCCCc1ccc(N2C(=O)c3ccccc3NC2c2cccc(Br)c2OC)cc1. The van der Waals surface area contributed by atoms with E-state index in [1.165, 1.54) is 5.56 Å². The summed E-state index contributed by atoms with van der Waals surface area (Å²) in [6.45, 7) is 2.19. The van der Waals surface area contributed by atoms with E-state index in [-0.39, 0.29) is 12.1 Å². The maximum atomic E-state index is 13.6. The number of nitrogens with zero attached hydrogens (tertiary/aromatic N) is 1. The summed E-state index contributed by atoms with van der Waals surface area (Å²) in [5.41, 5.74) is 4.53. The Balaban J connectivity index is 1.81. The van der Waals surface area contributed by atoms with Gasteiger partial charge in [-0.2, -0.15) is 0 Å². The summed E-state index contributed by atoms with van der Waals surface area (Å²) in [6.07, 6.45) is 2.99. The van der Waals surface area contributed by atoms with Gasteiger partial charge in [-0.3, -0.25) is 9.69 Å². The second-order valence-electron chi connectivity index (χ2n) is 7.40. The van der Waals surface area contributed by atoms with Crippen LogP contribution >= 0.6 is 15.9 Å². The van der Waals surface area contributed by atoms with Crippen LogP contribution < -0.4 is 15.0 Å². The van der Waals surface area contributed by atoms with E-state index < -0.39 is 0 Å². The number of fused-ring (bicyclic) bond motifs is 1. The van der Waals surface area contributed by atoms with Crippen molar-refractivity contribution in [1.29, 1.82) is 0 Å². The van der Waals surface area contributed by atoms with Crippen molar-refractivity contribution in [2.75, 3.05) is 17.3 Å². The molecule has 3 aromatic rings. The Morgan fingerprint density at radius 3 is 2.53 bits per heavy atom. The van der Waals surface area contributed by atoms with Gasteiger partial charge in [0, 0.05) is 16.9 Å². The average Bonchev–Trinajstić information content (AvgIpc) is 2.78. The van der Waals surface area contributed by atoms with Gasteiger partial charge in [0.05, 0.1) is 17.1 Å². The zero-order valence-corrected chi connectivity index (χ0v) is 18.8. The molecule has 1 heterocycles. The summed E-state index contributed by atoms with van der Waals surface area (Å²) in [7, 11) is 1.65. The Labute approximate surface area is 186 Å². The molecule has 30 heavy (non-hydrogen) atoms. The number of hydrogen-bond acceptors (Lipinski definition) is 3. The van der Waals surface area contributed by atoms with Crippen molar-refractivity contribution in [2.24, 2.45) is 0 Å². The molecule has 0 saturated carbocycles. The number of anilines is 2. The molecule has 1 amide bonds. The minimum atomic E-state index is -0.388. The third-order valence-corrected chi connectivity index (χ3v) is 6.08. The Morgan fingerprint density at radius 1 is 1.03 bits per heavy atom. The lowest BCUT2D eigenvalue weighted by Gasteiger charge is -2.38. The molecule has 0 bridgehead atoms. The van der Waals surface area contributed by atoms with Gasteiger partial charge in [-0.15, -0.1) is 0 Å². The van der Waals surface area contributed by atoms with Crippen LogP contribution in [0.3, 0.4) is 0 Å². The molecule has 5 heteroatoms. The first-order valence-electron chi connectivity index (χ1n) is 10.2. The van der Waals surface area contributed by atoms with Gasteiger partial charge in [-0.05, 0) is 64.7 Å². The van der Waals surface area contributed by atoms with Gasteiger partial charge in [-0.1, -0.05) is 49.7 Å². The van der Waals surface area contributed by atoms with Crippen LogP contribution in [-0.2, 0) is 6.42 Å². The van der Waals surface area contributed by atoms with Crippen LogP contribution in [0.15, 0.2) is 71.2 Å². The smallest absolute Gasteiger partial charge is 0.262 e. The number of amides is 1. The lowest BCUT2D eigenvalue weighted by Crippen LogP contribution is -2.43. The molecule has 4 rings (SSSR count). The maximum Gasteiger partial charge on any atom is 0.262 e. The minimum Gasteiger partial charge on any atom is -0.495 e. The highest BCUT2D eigenvalue weighted by Crippen LogP contribution is 2.41. The third-order valence-electron chi connectivity index (χ3n) is 5.46. The number of halogens is 1. The lowest BCUT2D eigenvalue weighted by atomic mass is 10.0. The first-order valence-corrected chi connectivity index (χ1v) is 11.0. The second-order valence-corrected chi connectivity index (χ2v) is 8.25. The molecule has 1 N–H and O–H groups in total. The molecule has 1 atom stereocenters. The molecule has 0 aromatic heterocycles.